The lowest BCUT2D eigenvalue weighted by molar-refractivity contribution is 0.590. The Kier molecular flexibility index (Phi) is 15.9. The smallest absolute Gasteiger partial charge is 0.0540 e. The largest absolute Gasteiger partial charge is 0.398 e. The molecular weight excluding hydrogens is 1180 g/mol. The maximum absolute atomic E-state index is 6.18. The third kappa shape index (κ3) is 11.3. The summed E-state index contributed by atoms with van der Waals surface area (Å²) in [4.78, 5) is 2.51. The molecule has 3 aliphatic rings. The van der Waals surface area contributed by atoms with Gasteiger partial charge in [-0.05, 0) is 183 Å². The van der Waals surface area contributed by atoms with Crippen LogP contribution in [0.1, 0.15) is 128 Å². The van der Waals surface area contributed by atoms with Crippen LogP contribution >= 0.6 is 15.9 Å². The fourth-order valence-corrected chi connectivity index (χ4v) is 14.8. The predicted octanol–water partition coefficient (Wildman–Crippen LogP) is 25.1. The van der Waals surface area contributed by atoms with Gasteiger partial charge in [0.05, 0.1) is 5.69 Å². The van der Waals surface area contributed by atoms with Crippen molar-refractivity contribution in [2.24, 2.45) is 0 Å². The van der Waals surface area contributed by atoms with Gasteiger partial charge in [-0.15, -0.1) is 0 Å². The lowest BCUT2D eigenvalue weighted by Crippen LogP contribution is -2.18. The molecule has 0 aromatic heterocycles. The zero-order chi connectivity index (χ0) is 64.5. The van der Waals surface area contributed by atoms with Crippen LogP contribution in [0, 0.1) is 0 Å². The summed E-state index contributed by atoms with van der Waals surface area (Å²) in [6.07, 6.45) is 0. The van der Waals surface area contributed by atoms with Crippen LogP contribution in [0.4, 0.5) is 22.7 Å². The number of fused-ring (bicyclic) bond motifs is 9. The molecule has 0 heterocycles. The highest BCUT2D eigenvalue weighted by atomic mass is 79.9. The molecule has 0 spiro atoms. The van der Waals surface area contributed by atoms with E-state index in [1.807, 2.05) is 24.3 Å². The summed E-state index contributed by atoms with van der Waals surface area (Å²) in [6, 6.07) is 99.9. The molecule has 0 saturated carbocycles. The molecule has 0 unspecified atom stereocenters. The van der Waals surface area contributed by atoms with E-state index < -0.39 is 0 Å². The summed E-state index contributed by atoms with van der Waals surface area (Å²) in [6.45, 7) is 27.6. The van der Waals surface area contributed by atoms with E-state index in [0.717, 1.165) is 38.3 Å². The van der Waals surface area contributed by atoms with Crippen LogP contribution in [0.15, 0.2) is 277 Å². The van der Waals surface area contributed by atoms with Crippen molar-refractivity contribution in [1.29, 1.82) is 0 Å². The van der Waals surface area contributed by atoms with Gasteiger partial charge in [0.15, 0.2) is 0 Å². The number of benzene rings is 12. The molecule has 2 N–H and O–H groups in total. The van der Waals surface area contributed by atoms with Gasteiger partial charge in [0.2, 0.25) is 0 Å². The lowest BCUT2D eigenvalue weighted by Gasteiger charge is -2.31. The molecule has 3 heteroatoms. The normalized spacial score (nSPS) is 14.0. The number of nitrogens with zero attached hydrogens (tertiary/aromatic N) is 1. The number of hydrogen-bond acceptors (Lipinski definition) is 2. The molecule has 3 aliphatic carbocycles. The first-order chi connectivity index (χ1) is 44.0. The summed E-state index contributed by atoms with van der Waals surface area (Å²) in [7, 11) is 0. The first-order valence-electron chi connectivity index (χ1n) is 32.5. The van der Waals surface area contributed by atoms with Gasteiger partial charge in [0, 0.05) is 48.9 Å². The van der Waals surface area contributed by atoms with Crippen molar-refractivity contribution in [2.75, 3.05) is 10.6 Å². The van der Waals surface area contributed by atoms with Crippen molar-refractivity contribution >= 4 is 38.7 Å². The van der Waals surface area contributed by atoms with Crippen LogP contribution in [-0.4, -0.2) is 0 Å². The Hall–Kier alpha value is -9.28. The molecule has 0 bridgehead atoms. The van der Waals surface area contributed by atoms with E-state index in [1.54, 1.807) is 0 Å². The van der Waals surface area contributed by atoms with Crippen molar-refractivity contribution in [1.82, 2.24) is 0 Å². The first kappa shape index (κ1) is 61.6. The molecule has 0 saturated heterocycles. The summed E-state index contributed by atoms with van der Waals surface area (Å²) in [5.74, 6) is 0. The summed E-state index contributed by atoms with van der Waals surface area (Å²) in [5.41, 5.74) is 39.3. The monoisotopic (exact) mass is 1260 g/mol. The molecule has 0 atom stereocenters. The first-order valence-corrected chi connectivity index (χ1v) is 33.3. The van der Waals surface area contributed by atoms with Crippen molar-refractivity contribution in [3.05, 3.63) is 322 Å². The van der Waals surface area contributed by atoms with Gasteiger partial charge in [-0.1, -0.05) is 311 Å². The van der Waals surface area contributed by atoms with E-state index in [1.165, 1.54) is 111 Å². The van der Waals surface area contributed by atoms with Crippen LogP contribution in [0.5, 0.6) is 0 Å². The lowest BCUT2D eigenvalue weighted by atomic mass is 9.82. The second-order valence-electron chi connectivity index (χ2n) is 28.9. The van der Waals surface area contributed by atoms with Crippen LogP contribution in [0.25, 0.3) is 77.9 Å². The number of halogens is 1. The van der Waals surface area contributed by atoms with Crippen molar-refractivity contribution in [3.63, 3.8) is 0 Å². The maximum Gasteiger partial charge on any atom is 0.0540 e. The van der Waals surface area contributed by atoms with Crippen LogP contribution in [0.3, 0.4) is 0 Å². The molecule has 456 valence electrons. The van der Waals surface area contributed by atoms with Gasteiger partial charge >= 0.3 is 0 Å². The number of hydrogen-bond donors (Lipinski definition) is 1. The molecule has 2 nitrogen and oxygen atoms in total. The second-order valence-corrected chi connectivity index (χ2v) is 29.8. The van der Waals surface area contributed by atoms with Gasteiger partial charge < -0.3 is 10.6 Å². The van der Waals surface area contributed by atoms with Gasteiger partial charge in [0.25, 0.3) is 0 Å². The number of nitrogens with two attached hydrogens (primary N) is 1. The van der Waals surface area contributed by atoms with Crippen molar-refractivity contribution in [2.45, 2.75) is 110 Å². The van der Waals surface area contributed by atoms with Crippen LogP contribution in [0.2, 0.25) is 0 Å². The fourth-order valence-electron chi connectivity index (χ4n) is 14.5. The average Bonchev–Trinajstić information content (AvgIpc) is 1.57. The zero-order valence-corrected chi connectivity index (χ0v) is 57.0. The van der Waals surface area contributed by atoms with Gasteiger partial charge in [-0.3, -0.25) is 0 Å². The molecule has 0 aliphatic heterocycles. The Morgan fingerprint density at radius 1 is 0.283 bits per heavy atom. The highest BCUT2D eigenvalue weighted by Crippen LogP contribution is 2.55. The number of nitrogen functional groups attached to an aromatic ring is 1. The topological polar surface area (TPSA) is 29.3 Å². The van der Waals surface area contributed by atoms with Crippen molar-refractivity contribution in [3.8, 4) is 77.9 Å². The summed E-state index contributed by atoms with van der Waals surface area (Å²) >= 11 is 3.56. The Morgan fingerprint density at radius 2 is 0.620 bits per heavy atom. The van der Waals surface area contributed by atoms with Gasteiger partial charge in [-0.2, -0.15) is 0 Å². The minimum Gasteiger partial charge on any atom is -0.398 e. The third-order valence-electron chi connectivity index (χ3n) is 19.8. The number of anilines is 4. The van der Waals surface area contributed by atoms with Gasteiger partial charge in [-0.25, -0.2) is 0 Å². The quantitative estimate of drug-likeness (QED) is 0.161. The van der Waals surface area contributed by atoms with Crippen LogP contribution < -0.4 is 10.6 Å². The van der Waals surface area contributed by atoms with E-state index in [0.29, 0.717) is 0 Å². The minimum absolute atomic E-state index is 0.107. The van der Waals surface area contributed by atoms with Crippen molar-refractivity contribution < 1.29 is 0 Å². The number of rotatable bonds is 7. The Morgan fingerprint density at radius 3 is 1.04 bits per heavy atom. The maximum atomic E-state index is 6.18. The second kappa shape index (κ2) is 23.8. The van der Waals surface area contributed by atoms with E-state index in [9.17, 15) is 0 Å². The zero-order valence-electron chi connectivity index (χ0n) is 55.4. The highest BCUT2D eigenvalue weighted by molar-refractivity contribution is 9.10. The Balaban J connectivity index is 0.000000161. The third-order valence-corrected chi connectivity index (χ3v) is 20.3. The van der Waals surface area contributed by atoms with Gasteiger partial charge in [0.1, 0.15) is 0 Å². The molecule has 12 aromatic carbocycles. The molecule has 15 rings (SSSR count). The predicted molar refractivity (Wildman–Crippen MR) is 398 cm³/mol. The molecule has 0 amide bonds. The van der Waals surface area contributed by atoms with E-state index in [2.05, 4.69) is 353 Å². The molecule has 12 aromatic rings. The molecule has 92 heavy (non-hydrogen) atoms. The van der Waals surface area contributed by atoms with E-state index in [4.69, 9.17) is 5.73 Å². The Labute approximate surface area is 555 Å². The highest BCUT2D eigenvalue weighted by Gasteiger charge is 2.39. The standard InChI is InChI=1S/C52H47N.C22H23N.C15H13Br/c1-50(2,3)37-24-21-34(22-25-37)36-23-30-49(44(31-36)35-15-9-8-10-16-35)53(38-26-28-42-40-17-11-13-19-45(40)51(4,5)47(42)32-38)39-27-29-43-41-18-12-14-20-46(41)52(6,7)48(43)33-39;1-22(2,3)19-12-9-16(10-13-19)18-11-14-21(23)20(15-18)17-7-5-4-6-8-17;1-15(2)13-6-4-3-5-11(13)12-8-7-10(16)9-14(12)15/h8-33H,1-7H3;4-15H,23H2,1-3H3;3-9H,1-2H3. The SMILES string of the molecule is CC(C)(C)c1ccc(-c2ccc(N(c3ccc4c(c3)C(C)(C)c3ccccc3-4)c3ccc4c(c3)C(C)(C)c3ccccc3-4)c(-c3ccccc3)c2)cc1.CC(C)(C)c1ccc(-c2ccc(N)c(-c3ccccc3)c2)cc1.CC1(C)c2ccccc2-c2ccc(Br)cc21. The van der Waals surface area contributed by atoms with E-state index >= 15 is 0 Å². The molecule has 0 radical (unpaired) electrons. The summed E-state index contributed by atoms with van der Waals surface area (Å²) in [5, 5.41) is 0. The molecular formula is C89H83BrN2. The molecule has 0 fully saturated rings. The fraction of sp³-hybridized carbons (Fsp3) is 0.191. The van der Waals surface area contributed by atoms with E-state index in [-0.39, 0.29) is 27.1 Å². The summed E-state index contributed by atoms with van der Waals surface area (Å²) < 4.78 is 1.16. The minimum atomic E-state index is -0.111. The van der Waals surface area contributed by atoms with Crippen LogP contribution in [-0.2, 0) is 27.1 Å². The Bertz CT molecular complexity index is 4620. The average molecular weight is 1260 g/mol.